The van der Waals surface area contributed by atoms with Gasteiger partial charge in [-0.25, -0.2) is 9.37 Å². The van der Waals surface area contributed by atoms with Crippen LogP contribution in [-0.4, -0.2) is 35.3 Å². The summed E-state index contributed by atoms with van der Waals surface area (Å²) in [6.07, 6.45) is 2.47. The molecule has 22 heavy (non-hydrogen) atoms. The van der Waals surface area contributed by atoms with Crippen LogP contribution in [0.15, 0.2) is 10.5 Å². The van der Waals surface area contributed by atoms with Crippen LogP contribution >= 0.6 is 39.1 Å². The lowest BCUT2D eigenvalue weighted by Crippen LogP contribution is -2.43. The van der Waals surface area contributed by atoms with Gasteiger partial charge in [0.25, 0.3) is 0 Å². The van der Waals surface area contributed by atoms with Gasteiger partial charge in [-0.3, -0.25) is 0 Å². The van der Waals surface area contributed by atoms with E-state index in [0.717, 1.165) is 12.8 Å². The SMILES string of the molecule is Fc1c(Br)c(Cl)cc2c(N3CC4CCC(C3)O4)nc(Cl)nc12. The van der Waals surface area contributed by atoms with Crippen molar-refractivity contribution in [2.45, 2.75) is 25.0 Å². The fraction of sp³-hybridized carbons (Fsp3) is 0.429. The Labute approximate surface area is 144 Å². The van der Waals surface area contributed by atoms with Crippen LogP contribution in [-0.2, 0) is 4.74 Å². The average molecular weight is 407 g/mol. The highest BCUT2D eigenvalue weighted by atomic mass is 79.9. The van der Waals surface area contributed by atoms with Gasteiger partial charge in [0.05, 0.1) is 21.7 Å². The summed E-state index contributed by atoms with van der Waals surface area (Å²) in [6, 6.07) is 1.67. The fourth-order valence-electron chi connectivity index (χ4n) is 3.16. The Morgan fingerprint density at radius 2 is 1.91 bits per heavy atom. The van der Waals surface area contributed by atoms with Crippen molar-refractivity contribution in [2.24, 2.45) is 0 Å². The Bertz CT molecular complexity index is 764. The number of nitrogens with zero attached hydrogens (tertiary/aromatic N) is 3. The second-order valence-corrected chi connectivity index (χ2v) is 7.10. The van der Waals surface area contributed by atoms with E-state index < -0.39 is 5.82 Å². The second kappa shape index (κ2) is 5.44. The van der Waals surface area contributed by atoms with Crippen LogP contribution in [0.5, 0.6) is 0 Å². The summed E-state index contributed by atoms with van der Waals surface area (Å²) in [5, 5.41) is 0.874. The number of hydrogen-bond acceptors (Lipinski definition) is 4. The molecule has 2 bridgehead atoms. The predicted octanol–water partition coefficient (Wildman–Crippen LogP) is 4.21. The third-order valence-corrected chi connectivity index (χ3v) is 5.59. The average Bonchev–Trinajstić information content (AvgIpc) is 2.84. The molecule has 2 fully saturated rings. The first-order chi connectivity index (χ1) is 10.5. The number of hydrogen-bond donors (Lipinski definition) is 0. The minimum atomic E-state index is -0.524. The van der Waals surface area contributed by atoms with Gasteiger partial charge in [0, 0.05) is 18.5 Å². The van der Waals surface area contributed by atoms with Crippen molar-refractivity contribution in [3.63, 3.8) is 0 Å². The predicted molar refractivity (Wildman–Crippen MR) is 87.3 cm³/mol. The smallest absolute Gasteiger partial charge is 0.225 e. The molecule has 0 radical (unpaired) electrons. The van der Waals surface area contributed by atoms with E-state index in [1.807, 2.05) is 0 Å². The molecule has 0 aliphatic carbocycles. The molecule has 2 atom stereocenters. The molecule has 2 aliphatic heterocycles. The molecule has 2 aromatic rings. The van der Waals surface area contributed by atoms with Crippen molar-refractivity contribution in [2.75, 3.05) is 18.0 Å². The van der Waals surface area contributed by atoms with Gasteiger partial charge in [-0.1, -0.05) is 11.6 Å². The normalized spacial score (nSPS) is 24.3. The van der Waals surface area contributed by atoms with Crippen molar-refractivity contribution in [1.29, 1.82) is 0 Å². The van der Waals surface area contributed by atoms with E-state index >= 15 is 0 Å². The Morgan fingerprint density at radius 3 is 2.59 bits per heavy atom. The van der Waals surface area contributed by atoms with E-state index in [1.54, 1.807) is 6.07 Å². The lowest BCUT2D eigenvalue weighted by atomic mass is 10.2. The molecule has 4 rings (SSSR count). The summed E-state index contributed by atoms with van der Waals surface area (Å²) >= 11 is 15.2. The first-order valence-corrected chi connectivity index (χ1v) is 8.49. The van der Waals surface area contributed by atoms with Gasteiger partial charge in [0.1, 0.15) is 11.3 Å². The molecule has 4 nitrogen and oxygen atoms in total. The van der Waals surface area contributed by atoms with Gasteiger partial charge in [-0.15, -0.1) is 0 Å². The van der Waals surface area contributed by atoms with Crippen molar-refractivity contribution in [3.05, 3.63) is 26.7 Å². The molecular formula is C14H11BrCl2FN3O. The van der Waals surface area contributed by atoms with Crippen molar-refractivity contribution >= 4 is 55.9 Å². The minimum absolute atomic E-state index is 0.0226. The molecule has 2 saturated heterocycles. The molecule has 1 aromatic carbocycles. The maximum Gasteiger partial charge on any atom is 0.225 e. The lowest BCUT2D eigenvalue weighted by Gasteiger charge is -2.33. The highest BCUT2D eigenvalue weighted by Gasteiger charge is 2.35. The van der Waals surface area contributed by atoms with Gasteiger partial charge < -0.3 is 9.64 Å². The van der Waals surface area contributed by atoms with E-state index in [1.165, 1.54) is 0 Å². The molecular weight excluding hydrogens is 396 g/mol. The minimum Gasteiger partial charge on any atom is -0.371 e. The molecule has 2 aliphatic rings. The maximum absolute atomic E-state index is 14.4. The molecule has 8 heteroatoms. The molecule has 0 saturated carbocycles. The number of benzene rings is 1. The van der Waals surface area contributed by atoms with E-state index in [0.29, 0.717) is 24.3 Å². The van der Waals surface area contributed by atoms with E-state index in [4.69, 9.17) is 27.9 Å². The Hall–Kier alpha value is -0.690. The maximum atomic E-state index is 14.4. The van der Waals surface area contributed by atoms with Crippen LogP contribution in [0.2, 0.25) is 10.3 Å². The zero-order valence-electron chi connectivity index (χ0n) is 11.3. The summed E-state index contributed by atoms with van der Waals surface area (Å²) < 4.78 is 20.4. The number of rotatable bonds is 1. The molecule has 0 amide bonds. The third kappa shape index (κ3) is 2.37. The van der Waals surface area contributed by atoms with E-state index in [2.05, 4.69) is 30.8 Å². The Morgan fingerprint density at radius 1 is 1.23 bits per heavy atom. The number of ether oxygens (including phenoxy) is 1. The molecule has 2 unspecified atom stereocenters. The van der Waals surface area contributed by atoms with Crippen molar-refractivity contribution < 1.29 is 9.13 Å². The standard InChI is InChI=1S/C14H11BrCl2FN3O/c15-10-9(16)3-8-12(11(10)18)19-14(17)20-13(8)21-4-6-1-2-7(5-21)22-6/h3,6-7H,1-2,4-5H2. The van der Waals surface area contributed by atoms with Gasteiger partial charge in [0.15, 0.2) is 5.82 Å². The Kier molecular flexibility index (Phi) is 3.68. The summed E-state index contributed by atoms with van der Waals surface area (Å²) in [7, 11) is 0. The zero-order valence-corrected chi connectivity index (χ0v) is 14.4. The van der Waals surface area contributed by atoms with Crippen LogP contribution in [0.4, 0.5) is 10.2 Å². The number of aromatic nitrogens is 2. The monoisotopic (exact) mass is 405 g/mol. The summed E-state index contributed by atoms with van der Waals surface area (Å²) in [4.78, 5) is 10.4. The van der Waals surface area contributed by atoms with Gasteiger partial charge >= 0.3 is 0 Å². The highest BCUT2D eigenvalue weighted by molar-refractivity contribution is 9.10. The molecule has 1 aromatic heterocycles. The van der Waals surface area contributed by atoms with E-state index in [-0.39, 0.29) is 32.5 Å². The van der Waals surface area contributed by atoms with Crippen LogP contribution in [0.25, 0.3) is 10.9 Å². The molecule has 0 spiro atoms. The Balaban J connectivity index is 1.90. The largest absolute Gasteiger partial charge is 0.371 e. The molecule has 116 valence electrons. The molecule has 0 N–H and O–H groups in total. The highest BCUT2D eigenvalue weighted by Crippen LogP contribution is 2.37. The summed E-state index contributed by atoms with van der Waals surface area (Å²) in [6.45, 7) is 1.43. The second-order valence-electron chi connectivity index (χ2n) is 5.56. The molecule has 3 heterocycles. The van der Waals surface area contributed by atoms with Gasteiger partial charge in [-0.2, -0.15) is 4.98 Å². The number of fused-ring (bicyclic) bond motifs is 3. The van der Waals surface area contributed by atoms with Crippen LogP contribution in [0.3, 0.4) is 0 Å². The third-order valence-electron chi connectivity index (χ3n) is 4.12. The van der Waals surface area contributed by atoms with Gasteiger partial charge in [-0.05, 0) is 46.4 Å². The fourth-order valence-corrected chi connectivity index (χ4v) is 3.82. The van der Waals surface area contributed by atoms with Crippen LogP contribution < -0.4 is 4.90 Å². The summed E-state index contributed by atoms with van der Waals surface area (Å²) in [5.41, 5.74) is 0.171. The lowest BCUT2D eigenvalue weighted by molar-refractivity contribution is 0.0303. The zero-order chi connectivity index (χ0) is 15.4. The first kappa shape index (κ1) is 14.9. The van der Waals surface area contributed by atoms with Gasteiger partial charge in [0.2, 0.25) is 5.28 Å². The number of halogens is 4. The first-order valence-electron chi connectivity index (χ1n) is 6.94. The quantitative estimate of drug-likeness (QED) is 0.525. The number of morpholine rings is 1. The van der Waals surface area contributed by atoms with Crippen molar-refractivity contribution in [3.8, 4) is 0 Å². The summed E-state index contributed by atoms with van der Waals surface area (Å²) in [5.74, 6) is 0.0905. The van der Waals surface area contributed by atoms with Crippen LogP contribution in [0, 0.1) is 5.82 Å². The topological polar surface area (TPSA) is 38.2 Å². The van der Waals surface area contributed by atoms with E-state index in [9.17, 15) is 4.39 Å². The number of anilines is 1. The van der Waals surface area contributed by atoms with Crippen LogP contribution in [0.1, 0.15) is 12.8 Å². The van der Waals surface area contributed by atoms with Crippen molar-refractivity contribution in [1.82, 2.24) is 9.97 Å².